The summed E-state index contributed by atoms with van der Waals surface area (Å²) in [7, 11) is -5.37. The van der Waals surface area contributed by atoms with E-state index in [1.54, 1.807) is 0 Å². The van der Waals surface area contributed by atoms with Gasteiger partial charge in [0.15, 0.2) is 0 Å². The summed E-state index contributed by atoms with van der Waals surface area (Å²) < 4.78 is 42.4. The fourth-order valence-corrected chi connectivity index (χ4v) is 18.5. The van der Waals surface area contributed by atoms with Crippen molar-refractivity contribution < 1.29 is 26.6 Å². The third kappa shape index (κ3) is 2.66. The Hall–Kier alpha value is 0.194. The van der Waals surface area contributed by atoms with Crippen LogP contribution in [0, 0.1) is 17.8 Å². The molecule has 8 heteroatoms. The molecule has 4 aliphatic carbocycles. The Balaban J connectivity index is 1.03. The van der Waals surface area contributed by atoms with Crippen molar-refractivity contribution in [3.63, 3.8) is 0 Å². The first kappa shape index (κ1) is 24.9. The zero-order valence-electron chi connectivity index (χ0n) is 23.4. The number of unbranched alkanes of at least 4 members (excludes halogenated alkanes) is 10. The number of hydrogen-bond donors (Lipinski definition) is 0. The van der Waals surface area contributed by atoms with Gasteiger partial charge in [-0.3, -0.25) is 0 Å². The number of rotatable bonds is 14. The number of hydrogen-bond acceptors (Lipinski definition) is 6. The van der Waals surface area contributed by atoms with Crippen LogP contribution >= 0.6 is 0 Å². The molecule has 8 aliphatic rings. The third-order valence-corrected chi connectivity index (χ3v) is 18.1. The zero-order chi connectivity index (χ0) is 25.2. The standard InChI is InChI=1S/C29H48O6Si2/c1-4-6-8-10-12-14-18-36-30-23-17-16-21-25-22-20-24-27(22)29(25,28(21,34-36)26(23,3)32-36)35-37(31-24,33-27)19-15-13-11-9-7-5-2/h21-25H,4-20H2,1-3H3. The maximum atomic E-state index is 7.36. The molecular weight excluding hydrogens is 500 g/mol. The van der Waals surface area contributed by atoms with E-state index in [4.69, 9.17) is 26.6 Å². The first-order chi connectivity index (χ1) is 18.0. The monoisotopic (exact) mass is 548 g/mol. The highest BCUT2D eigenvalue weighted by Gasteiger charge is 3.08. The molecular formula is C29H48O6Si2. The van der Waals surface area contributed by atoms with Crippen LogP contribution in [0.25, 0.3) is 0 Å². The van der Waals surface area contributed by atoms with E-state index in [0.29, 0.717) is 17.8 Å². The molecule has 208 valence electrons. The molecule has 11 unspecified atom stereocenters. The largest absolute Gasteiger partial charge is 0.502 e. The zero-order valence-corrected chi connectivity index (χ0v) is 25.4. The van der Waals surface area contributed by atoms with E-state index < -0.39 is 17.6 Å². The third-order valence-electron chi connectivity index (χ3n) is 12.2. The van der Waals surface area contributed by atoms with Gasteiger partial charge in [0.2, 0.25) is 0 Å². The minimum atomic E-state index is -2.70. The molecule has 37 heavy (non-hydrogen) atoms. The van der Waals surface area contributed by atoms with Crippen molar-refractivity contribution in [2.45, 2.75) is 164 Å². The van der Waals surface area contributed by atoms with Gasteiger partial charge in [-0.25, -0.2) is 0 Å². The van der Waals surface area contributed by atoms with Crippen LogP contribution in [-0.4, -0.2) is 52.2 Å². The van der Waals surface area contributed by atoms with Crippen molar-refractivity contribution in [1.82, 2.24) is 0 Å². The maximum Gasteiger partial charge on any atom is 0.502 e. The van der Waals surface area contributed by atoms with Crippen molar-refractivity contribution in [2.24, 2.45) is 17.8 Å². The van der Waals surface area contributed by atoms with Crippen LogP contribution in [0.5, 0.6) is 0 Å². The van der Waals surface area contributed by atoms with E-state index >= 15 is 0 Å². The quantitative estimate of drug-likeness (QED) is 0.182. The highest BCUT2D eigenvalue weighted by molar-refractivity contribution is 6.63. The Labute approximate surface area is 225 Å². The van der Waals surface area contributed by atoms with E-state index in [-0.39, 0.29) is 34.6 Å². The van der Waals surface area contributed by atoms with Gasteiger partial charge < -0.3 is 26.6 Å². The fraction of sp³-hybridized carbons (Fsp3) is 1.00. The maximum absolute atomic E-state index is 7.36. The summed E-state index contributed by atoms with van der Waals surface area (Å²) in [6.45, 7) is 6.89. The molecule has 11 atom stereocenters. The molecule has 0 radical (unpaired) electrons. The van der Waals surface area contributed by atoms with Gasteiger partial charge >= 0.3 is 17.6 Å². The Kier molecular flexibility index (Phi) is 5.49. The van der Waals surface area contributed by atoms with Crippen LogP contribution in [0.4, 0.5) is 0 Å². The lowest BCUT2D eigenvalue weighted by atomic mass is 9.22. The summed E-state index contributed by atoms with van der Waals surface area (Å²) in [5, 5.41) is 0. The van der Waals surface area contributed by atoms with E-state index in [1.165, 1.54) is 77.0 Å². The molecule has 0 aromatic rings. The molecule has 4 saturated heterocycles. The van der Waals surface area contributed by atoms with Crippen molar-refractivity contribution >= 4 is 17.6 Å². The molecule has 4 bridgehead atoms. The molecule has 3 spiro atoms. The second-order valence-corrected chi connectivity index (χ2v) is 19.0. The van der Waals surface area contributed by atoms with E-state index in [1.807, 2.05) is 0 Å². The molecule has 4 saturated carbocycles. The SMILES string of the molecule is CCCCCCCC[Si]12OC3CCC4C5C6CC7O[Si]8(CCCCCCCC)OC76C5(O8)C4(O1)C3(C)O2. The van der Waals surface area contributed by atoms with Crippen LogP contribution in [-0.2, 0) is 26.6 Å². The summed E-state index contributed by atoms with van der Waals surface area (Å²) in [6, 6.07) is 1.95. The van der Waals surface area contributed by atoms with Crippen molar-refractivity contribution in [3.8, 4) is 0 Å². The van der Waals surface area contributed by atoms with E-state index in [0.717, 1.165) is 31.4 Å². The Bertz CT molecular complexity index is 953. The minimum Gasteiger partial charge on any atom is -0.367 e. The lowest BCUT2D eigenvalue weighted by Gasteiger charge is -2.88. The van der Waals surface area contributed by atoms with Crippen LogP contribution in [0.3, 0.4) is 0 Å². The summed E-state index contributed by atoms with van der Waals surface area (Å²) in [6.07, 6.45) is 19.3. The van der Waals surface area contributed by atoms with Crippen LogP contribution in [0.15, 0.2) is 0 Å². The summed E-state index contributed by atoms with van der Waals surface area (Å²) in [4.78, 5) is 0. The van der Waals surface area contributed by atoms with E-state index in [2.05, 4.69) is 20.8 Å². The molecule has 0 aromatic carbocycles. The van der Waals surface area contributed by atoms with Crippen LogP contribution in [0.1, 0.15) is 117 Å². The second-order valence-electron chi connectivity index (χ2n) is 13.9. The van der Waals surface area contributed by atoms with Crippen LogP contribution < -0.4 is 0 Å². The highest BCUT2D eigenvalue weighted by Crippen LogP contribution is 2.91. The van der Waals surface area contributed by atoms with Crippen molar-refractivity contribution in [3.05, 3.63) is 0 Å². The Morgan fingerprint density at radius 2 is 1.22 bits per heavy atom. The molecule has 8 fully saturated rings. The van der Waals surface area contributed by atoms with Gasteiger partial charge in [0.25, 0.3) is 0 Å². The molecule has 8 rings (SSSR count). The summed E-state index contributed by atoms with van der Waals surface area (Å²) >= 11 is 0. The van der Waals surface area contributed by atoms with Gasteiger partial charge in [-0.2, -0.15) is 0 Å². The van der Waals surface area contributed by atoms with Crippen LogP contribution in [0.2, 0.25) is 12.1 Å². The van der Waals surface area contributed by atoms with Gasteiger partial charge in [-0.1, -0.05) is 78.1 Å². The molecule has 4 aliphatic heterocycles. The molecule has 4 heterocycles. The smallest absolute Gasteiger partial charge is 0.367 e. The van der Waals surface area contributed by atoms with Crippen molar-refractivity contribution in [2.75, 3.05) is 0 Å². The predicted octanol–water partition coefficient (Wildman–Crippen LogP) is 6.52. The Morgan fingerprint density at radius 3 is 1.92 bits per heavy atom. The predicted molar refractivity (Wildman–Crippen MR) is 143 cm³/mol. The topological polar surface area (TPSA) is 55.4 Å². The van der Waals surface area contributed by atoms with Crippen molar-refractivity contribution in [1.29, 1.82) is 0 Å². The van der Waals surface area contributed by atoms with Gasteiger partial charge in [0.1, 0.15) is 22.4 Å². The average molecular weight is 549 g/mol. The Morgan fingerprint density at radius 1 is 0.622 bits per heavy atom. The summed E-state index contributed by atoms with van der Waals surface area (Å²) in [5.41, 5.74) is -1.31. The second kappa shape index (κ2) is 8.14. The summed E-state index contributed by atoms with van der Waals surface area (Å²) in [5.74, 6) is 1.72. The number of fused-ring (bicyclic) bond motifs is 4. The average Bonchev–Trinajstić information content (AvgIpc) is 3.53. The van der Waals surface area contributed by atoms with E-state index in [9.17, 15) is 0 Å². The normalized spacial score (nSPS) is 56.4. The lowest BCUT2D eigenvalue weighted by molar-refractivity contribution is -0.482. The fourth-order valence-electron chi connectivity index (χ4n) is 10.9. The van der Waals surface area contributed by atoms with Gasteiger partial charge in [-0.05, 0) is 44.9 Å². The molecule has 6 nitrogen and oxygen atoms in total. The minimum absolute atomic E-state index is 0.161. The highest BCUT2D eigenvalue weighted by atomic mass is 28.4. The van der Waals surface area contributed by atoms with Gasteiger partial charge in [-0.15, -0.1) is 0 Å². The van der Waals surface area contributed by atoms with Gasteiger partial charge in [0.05, 0.1) is 12.2 Å². The first-order valence-electron chi connectivity index (χ1n) is 16.1. The van der Waals surface area contributed by atoms with Gasteiger partial charge in [0, 0.05) is 23.9 Å². The molecule has 0 aromatic heterocycles. The first-order valence-corrected chi connectivity index (χ1v) is 20.0. The lowest BCUT2D eigenvalue weighted by Crippen LogP contribution is -3.04. The molecule has 0 N–H and O–H groups in total. The molecule has 0 amide bonds.